The van der Waals surface area contributed by atoms with Gasteiger partial charge in [0.15, 0.2) is 0 Å². The molecule has 0 fully saturated rings. The average molecular weight is 172 g/mol. The zero-order valence-corrected chi connectivity index (χ0v) is 9.22. The van der Waals surface area contributed by atoms with Crippen LogP contribution in [0.3, 0.4) is 0 Å². The van der Waals surface area contributed by atoms with Crippen molar-refractivity contribution < 1.29 is 0 Å². The Hall–Kier alpha value is -0.0800. The van der Waals surface area contributed by atoms with Gasteiger partial charge in [0.1, 0.15) is 0 Å². The summed E-state index contributed by atoms with van der Waals surface area (Å²) >= 11 is 0. The Morgan fingerprint density at radius 1 is 1.33 bits per heavy atom. The monoisotopic (exact) mass is 172 g/mol. The third kappa shape index (κ3) is 8.02. The molecule has 2 nitrogen and oxygen atoms in total. The first kappa shape index (κ1) is 11.9. The fourth-order valence-electron chi connectivity index (χ4n) is 1.11. The van der Waals surface area contributed by atoms with E-state index in [1.165, 1.54) is 6.42 Å². The molecule has 0 bridgehead atoms. The molecule has 1 unspecified atom stereocenters. The number of hydrogen-bond acceptors (Lipinski definition) is 2. The third-order valence-corrected chi connectivity index (χ3v) is 1.84. The summed E-state index contributed by atoms with van der Waals surface area (Å²) in [5.41, 5.74) is 6.13. The molecule has 0 aromatic heterocycles. The average Bonchev–Trinajstić information content (AvgIpc) is 1.80. The lowest BCUT2D eigenvalue weighted by Gasteiger charge is -2.24. The van der Waals surface area contributed by atoms with Crippen molar-refractivity contribution >= 4 is 0 Å². The molecule has 0 aliphatic heterocycles. The molecule has 0 aromatic carbocycles. The zero-order valence-electron chi connectivity index (χ0n) is 9.22. The lowest BCUT2D eigenvalue weighted by molar-refractivity contribution is 0.256. The van der Waals surface area contributed by atoms with Crippen LogP contribution in [0.4, 0.5) is 0 Å². The van der Waals surface area contributed by atoms with Gasteiger partial charge in [-0.2, -0.15) is 0 Å². The molecule has 0 aliphatic carbocycles. The number of nitrogens with zero attached hydrogens (tertiary/aromatic N) is 1. The maximum Gasteiger partial charge on any atom is 0.0139 e. The van der Waals surface area contributed by atoms with Gasteiger partial charge in [-0.05, 0) is 32.4 Å². The lowest BCUT2D eigenvalue weighted by Crippen LogP contribution is -2.34. The summed E-state index contributed by atoms with van der Waals surface area (Å²) in [6, 6.07) is 0.287. The molecule has 0 heterocycles. The van der Waals surface area contributed by atoms with Gasteiger partial charge in [-0.15, -0.1) is 0 Å². The molecule has 2 heteroatoms. The van der Waals surface area contributed by atoms with Crippen molar-refractivity contribution in [1.29, 1.82) is 0 Å². The van der Waals surface area contributed by atoms with E-state index >= 15 is 0 Å². The topological polar surface area (TPSA) is 29.3 Å². The van der Waals surface area contributed by atoms with Crippen LogP contribution >= 0.6 is 0 Å². The van der Waals surface area contributed by atoms with Gasteiger partial charge in [-0.25, -0.2) is 0 Å². The Morgan fingerprint density at radius 3 is 2.17 bits per heavy atom. The summed E-state index contributed by atoms with van der Waals surface area (Å²) in [5, 5.41) is 0. The molecule has 0 saturated heterocycles. The van der Waals surface area contributed by atoms with Crippen LogP contribution in [0.25, 0.3) is 0 Å². The quantitative estimate of drug-likeness (QED) is 0.699. The normalized spacial score (nSPS) is 15.2. The number of rotatable bonds is 4. The Balaban J connectivity index is 3.51. The van der Waals surface area contributed by atoms with Crippen molar-refractivity contribution in [3.8, 4) is 0 Å². The van der Waals surface area contributed by atoms with Gasteiger partial charge >= 0.3 is 0 Å². The molecule has 0 spiro atoms. The van der Waals surface area contributed by atoms with E-state index in [4.69, 9.17) is 5.73 Å². The summed E-state index contributed by atoms with van der Waals surface area (Å²) in [6.45, 7) is 11.0. The second-order valence-corrected chi connectivity index (χ2v) is 5.05. The van der Waals surface area contributed by atoms with E-state index in [-0.39, 0.29) is 6.04 Å². The highest BCUT2D eigenvalue weighted by molar-refractivity contribution is 4.66. The fraction of sp³-hybridized carbons (Fsp3) is 1.00. The minimum Gasteiger partial charge on any atom is -0.327 e. The van der Waals surface area contributed by atoms with Gasteiger partial charge in [-0.3, -0.25) is 0 Å². The van der Waals surface area contributed by atoms with Crippen molar-refractivity contribution in [1.82, 2.24) is 4.90 Å². The molecular weight excluding hydrogens is 148 g/mol. The fourth-order valence-corrected chi connectivity index (χ4v) is 1.11. The number of hydrogen-bond donors (Lipinski definition) is 1. The second kappa shape index (κ2) is 4.83. The van der Waals surface area contributed by atoms with Crippen LogP contribution in [-0.2, 0) is 0 Å². The van der Waals surface area contributed by atoms with E-state index in [1.807, 2.05) is 6.92 Å². The zero-order chi connectivity index (χ0) is 9.78. The Bertz CT molecular complexity index is 113. The van der Waals surface area contributed by atoms with Crippen LogP contribution in [0, 0.1) is 5.41 Å². The van der Waals surface area contributed by atoms with Crippen LogP contribution in [0.1, 0.15) is 34.1 Å². The molecule has 0 aliphatic rings. The largest absolute Gasteiger partial charge is 0.327 e. The van der Waals surface area contributed by atoms with Crippen molar-refractivity contribution in [3.63, 3.8) is 0 Å². The number of likely N-dealkylation sites (N-methyl/N-ethyl adjacent to an activating group) is 1. The van der Waals surface area contributed by atoms with E-state index in [9.17, 15) is 0 Å². The van der Waals surface area contributed by atoms with Gasteiger partial charge in [0.05, 0.1) is 0 Å². The SMILES string of the molecule is CC(N)CN(C)CCC(C)(C)C. The molecular formula is C10H24N2. The Labute approximate surface area is 77.1 Å². The summed E-state index contributed by atoms with van der Waals surface area (Å²) in [5.74, 6) is 0. The van der Waals surface area contributed by atoms with E-state index in [0.29, 0.717) is 5.41 Å². The molecule has 1 atom stereocenters. The maximum absolute atomic E-state index is 5.69. The highest BCUT2D eigenvalue weighted by atomic mass is 15.1. The van der Waals surface area contributed by atoms with E-state index in [0.717, 1.165) is 13.1 Å². The maximum atomic E-state index is 5.69. The summed E-state index contributed by atoms with van der Waals surface area (Å²) < 4.78 is 0. The van der Waals surface area contributed by atoms with Gasteiger partial charge < -0.3 is 10.6 Å². The van der Waals surface area contributed by atoms with E-state index < -0.39 is 0 Å². The molecule has 12 heavy (non-hydrogen) atoms. The molecule has 0 aromatic rings. The van der Waals surface area contributed by atoms with Crippen molar-refractivity contribution in [2.24, 2.45) is 11.1 Å². The van der Waals surface area contributed by atoms with E-state index in [1.54, 1.807) is 0 Å². The van der Waals surface area contributed by atoms with Gasteiger partial charge in [0.2, 0.25) is 0 Å². The predicted octanol–water partition coefficient (Wildman–Crippen LogP) is 1.70. The van der Waals surface area contributed by atoms with Crippen LogP contribution < -0.4 is 5.73 Å². The summed E-state index contributed by atoms with van der Waals surface area (Å²) in [6.07, 6.45) is 1.23. The first-order valence-electron chi connectivity index (χ1n) is 4.75. The highest BCUT2D eigenvalue weighted by Crippen LogP contribution is 2.18. The summed E-state index contributed by atoms with van der Waals surface area (Å²) in [4.78, 5) is 2.30. The molecule has 0 radical (unpaired) electrons. The van der Waals surface area contributed by atoms with Crippen molar-refractivity contribution in [2.45, 2.75) is 40.2 Å². The lowest BCUT2D eigenvalue weighted by atomic mass is 9.92. The van der Waals surface area contributed by atoms with E-state index in [2.05, 4.69) is 32.7 Å². The first-order chi connectivity index (χ1) is 5.31. The number of nitrogens with two attached hydrogens (primary N) is 1. The predicted molar refractivity (Wildman–Crippen MR) is 55.2 cm³/mol. The second-order valence-electron chi connectivity index (χ2n) is 5.05. The Kier molecular flexibility index (Phi) is 4.80. The molecule has 0 amide bonds. The Morgan fingerprint density at radius 2 is 1.83 bits per heavy atom. The molecule has 0 rings (SSSR count). The van der Waals surface area contributed by atoms with Crippen LogP contribution in [0.15, 0.2) is 0 Å². The first-order valence-corrected chi connectivity index (χ1v) is 4.75. The minimum atomic E-state index is 0.287. The van der Waals surface area contributed by atoms with Crippen LogP contribution in [0.5, 0.6) is 0 Å². The standard InChI is InChI=1S/C10H24N2/c1-9(11)8-12(5)7-6-10(2,3)4/h9H,6-8,11H2,1-5H3. The summed E-state index contributed by atoms with van der Waals surface area (Å²) in [7, 11) is 2.13. The minimum absolute atomic E-state index is 0.287. The van der Waals surface area contributed by atoms with Gasteiger partial charge in [0.25, 0.3) is 0 Å². The smallest absolute Gasteiger partial charge is 0.0139 e. The molecule has 0 saturated carbocycles. The van der Waals surface area contributed by atoms with Crippen LogP contribution in [0.2, 0.25) is 0 Å². The molecule has 2 N–H and O–H groups in total. The highest BCUT2D eigenvalue weighted by Gasteiger charge is 2.11. The van der Waals surface area contributed by atoms with Crippen molar-refractivity contribution in [3.05, 3.63) is 0 Å². The molecule has 74 valence electrons. The van der Waals surface area contributed by atoms with Crippen LogP contribution in [-0.4, -0.2) is 31.1 Å². The third-order valence-electron chi connectivity index (χ3n) is 1.84. The van der Waals surface area contributed by atoms with Crippen molar-refractivity contribution in [2.75, 3.05) is 20.1 Å². The van der Waals surface area contributed by atoms with Gasteiger partial charge in [-0.1, -0.05) is 20.8 Å². The van der Waals surface area contributed by atoms with Gasteiger partial charge in [0, 0.05) is 12.6 Å².